The second kappa shape index (κ2) is 5.79. The Hall–Kier alpha value is -0.950. The average molecular weight is 417 g/mol. The van der Waals surface area contributed by atoms with E-state index >= 15 is 0 Å². The maximum Gasteiger partial charge on any atom is 0.256 e. The van der Waals surface area contributed by atoms with Crippen molar-refractivity contribution in [1.82, 2.24) is 4.98 Å². The zero-order chi connectivity index (χ0) is 13.1. The fourth-order valence-corrected chi connectivity index (χ4v) is 2.19. The van der Waals surface area contributed by atoms with Crippen molar-refractivity contribution < 1.29 is 4.79 Å². The van der Waals surface area contributed by atoms with Crippen molar-refractivity contribution >= 4 is 50.2 Å². The first kappa shape index (κ1) is 13.5. The molecule has 5 heteroatoms. The number of pyridine rings is 1. The summed E-state index contributed by atoms with van der Waals surface area (Å²) in [7, 11) is 0. The lowest BCUT2D eigenvalue weighted by Crippen LogP contribution is -2.13. The molecule has 1 heterocycles. The Morgan fingerprint density at radius 2 is 2.17 bits per heavy atom. The van der Waals surface area contributed by atoms with E-state index in [4.69, 9.17) is 0 Å². The third-order valence-corrected chi connectivity index (χ3v) is 3.88. The van der Waals surface area contributed by atoms with Crippen molar-refractivity contribution in [2.24, 2.45) is 0 Å². The van der Waals surface area contributed by atoms with Gasteiger partial charge in [-0.1, -0.05) is 6.07 Å². The summed E-state index contributed by atoms with van der Waals surface area (Å²) in [4.78, 5) is 16.1. The highest BCUT2D eigenvalue weighted by atomic mass is 127. The van der Waals surface area contributed by atoms with E-state index in [9.17, 15) is 4.79 Å². The number of carbonyl (C=O) groups is 1. The van der Waals surface area contributed by atoms with Crippen LogP contribution in [-0.4, -0.2) is 10.9 Å². The van der Waals surface area contributed by atoms with Crippen LogP contribution < -0.4 is 5.32 Å². The normalized spacial score (nSPS) is 10.2. The van der Waals surface area contributed by atoms with Crippen molar-refractivity contribution in [3.8, 4) is 0 Å². The molecular formula is C13H10BrIN2O. The van der Waals surface area contributed by atoms with Crippen molar-refractivity contribution in [3.63, 3.8) is 0 Å². The minimum absolute atomic E-state index is 0.150. The van der Waals surface area contributed by atoms with Gasteiger partial charge >= 0.3 is 0 Å². The molecule has 1 N–H and O–H groups in total. The number of aromatic nitrogens is 1. The van der Waals surface area contributed by atoms with Crippen LogP contribution in [-0.2, 0) is 0 Å². The summed E-state index contributed by atoms with van der Waals surface area (Å²) in [5, 5.41) is 2.78. The van der Waals surface area contributed by atoms with Crippen LogP contribution in [0.1, 0.15) is 15.9 Å². The van der Waals surface area contributed by atoms with E-state index in [0.717, 1.165) is 13.6 Å². The quantitative estimate of drug-likeness (QED) is 0.751. The molecule has 0 saturated heterocycles. The molecule has 0 spiro atoms. The lowest BCUT2D eigenvalue weighted by atomic mass is 10.2. The van der Waals surface area contributed by atoms with Gasteiger partial charge in [-0.15, -0.1) is 0 Å². The number of anilines is 1. The number of rotatable bonds is 2. The predicted octanol–water partition coefficient (Wildman–Crippen LogP) is 4.01. The van der Waals surface area contributed by atoms with E-state index in [2.05, 4.69) is 48.8 Å². The number of halogens is 2. The molecule has 2 rings (SSSR count). The highest BCUT2D eigenvalue weighted by molar-refractivity contribution is 14.1. The number of hydrogen-bond donors (Lipinski definition) is 1. The molecule has 0 radical (unpaired) electrons. The molecule has 0 bridgehead atoms. The molecule has 2 aromatic rings. The number of nitrogens with one attached hydrogen (secondary N) is 1. The molecule has 92 valence electrons. The van der Waals surface area contributed by atoms with Gasteiger partial charge in [-0.3, -0.25) is 4.79 Å². The molecule has 0 atom stereocenters. The maximum atomic E-state index is 12.0. The average Bonchev–Trinajstić information content (AvgIpc) is 2.34. The summed E-state index contributed by atoms with van der Waals surface area (Å²) in [5.74, 6) is 0.405. The van der Waals surface area contributed by atoms with Gasteiger partial charge in [0.1, 0.15) is 5.82 Å². The van der Waals surface area contributed by atoms with Gasteiger partial charge in [0.25, 0.3) is 5.91 Å². The Balaban J connectivity index is 2.18. The second-order valence-corrected chi connectivity index (χ2v) is 5.88. The third-order valence-electron chi connectivity index (χ3n) is 2.38. The monoisotopic (exact) mass is 416 g/mol. The third kappa shape index (κ3) is 3.29. The van der Waals surface area contributed by atoms with E-state index < -0.39 is 0 Å². The number of benzene rings is 1. The minimum Gasteiger partial charge on any atom is -0.307 e. The van der Waals surface area contributed by atoms with Crippen molar-refractivity contribution in [1.29, 1.82) is 0 Å². The SMILES string of the molecule is Cc1cc(NC(=O)c2cccc(I)c2)ncc1Br. The molecule has 1 aromatic heterocycles. The first-order valence-electron chi connectivity index (χ1n) is 5.25. The molecule has 0 saturated carbocycles. The molecule has 0 aliphatic heterocycles. The Kier molecular flexibility index (Phi) is 4.34. The fourth-order valence-electron chi connectivity index (χ4n) is 1.43. The Morgan fingerprint density at radius 1 is 1.39 bits per heavy atom. The number of nitrogens with zero attached hydrogens (tertiary/aromatic N) is 1. The van der Waals surface area contributed by atoms with Gasteiger partial charge in [-0.05, 0) is 75.3 Å². The highest BCUT2D eigenvalue weighted by Gasteiger charge is 2.07. The first-order valence-corrected chi connectivity index (χ1v) is 7.12. The molecule has 0 aliphatic carbocycles. The van der Waals surface area contributed by atoms with Gasteiger partial charge in [-0.2, -0.15) is 0 Å². The fraction of sp³-hybridized carbons (Fsp3) is 0.0769. The highest BCUT2D eigenvalue weighted by Crippen LogP contribution is 2.18. The first-order chi connectivity index (χ1) is 8.56. The number of aryl methyl sites for hydroxylation is 1. The van der Waals surface area contributed by atoms with Gasteiger partial charge in [0.2, 0.25) is 0 Å². The summed E-state index contributed by atoms with van der Waals surface area (Å²) in [6, 6.07) is 9.25. The van der Waals surface area contributed by atoms with E-state index in [1.165, 1.54) is 0 Å². The largest absolute Gasteiger partial charge is 0.307 e. The van der Waals surface area contributed by atoms with Crippen LogP contribution in [0, 0.1) is 10.5 Å². The second-order valence-electron chi connectivity index (χ2n) is 3.78. The van der Waals surface area contributed by atoms with Crippen LogP contribution in [0.4, 0.5) is 5.82 Å². The Labute approximate surface area is 127 Å². The van der Waals surface area contributed by atoms with E-state index in [1.807, 2.05) is 31.2 Å². The van der Waals surface area contributed by atoms with Crippen LogP contribution in [0.3, 0.4) is 0 Å². The molecule has 0 unspecified atom stereocenters. The van der Waals surface area contributed by atoms with Crippen LogP contribution in [0.5, 0.6) is 0 Å². The van der Waals surface area contributed by atoms with Crippen LogP contribution >= 0.6 is 38.5 Å². The summed E-state index contributed by atoms with van der Waals surface area (Å²) < 4.78 is 1.95. The molecule has 1 amide bonds. The standard InChI is InChI=1S/C13H10BrIN2O/c1-8-5-12(16-7-11(8)14)17-13(18)9-3-2-4-10(15)6-9/h2-7H,1H3,(H,16,17,18). The summed E-state index contributed by atoms with van der Waals surface area (Å²) >= 11 is 5.55. The Morgan fingerprint density at radius 3 is 2.83 bits per heavy atom. The molecule has 0 aliphatic rings. The zero-order valence-electron chi connectivity index (χ0n) is 9.58. The topological polar surface area (TPSA) is 42.0 Å². The zero-order valence-corrected chi connectivity index (χ0v) is 13.3. The van der Waals surface area contributed by atoms with Crippen LogP contribution in [0.15, 0.2) is 41.0 Å². The van der Waals surface area contributed by atoms with Gasteiger partial charge in [0, 0.05) is 19.8 Å². The van der Waals surface area contributed by atoms with E-state index in [-0.39, 0.29) is 5.91 Å². The molecular weight excluding hydrogens is 407 g/mol. The lowest BCUT2D eigenvalue weighted by molar-refractivity contribution is 0.102. The van der Waals surface area contributed by atoms with Crippen molar-refractivity contribution in [2.45, 2.75) is 6.92 Å². The smallest absolute Gasteiger partial charge is 0.256 e. The van der Waals surface area contributed by atoms with Gasteiger partial charge in [-0.25, -0.2) is 4.98 Å². The van der Waals surface area contributed by atoms with Crippen LogP contribution in [0.2, 0.25) is 0 Å². The maximum absolute atomic E-state index is 12.0. The summed E-state index contributed by atoms with van der Waals surface area (Å²) in [5.41, 5.74) is 1.66. The molecule has 3 nitrogen and oxygen atoms in total. The summed E-state index contributed by atoms with van der Waals surface area (Å²) in [6.07, 6.45) is 1.68. The molecule has 0 fully saturated rings. The molecule has 1 aromatic carbocycles. The number of amides is 1. The van der Waals surface area contributed by atoms with Gasteiger partial charge in [0.15, 0.2) is 0 Å². The number of carbonyl (C=O) groups excluding carboxylic acids is 1. The predicted molar refractivity (Wildman–Crippen MR) is 83.8 cm³/mol. The lowest BCUT2D eigenvalue weighted by Gasteiger charge is -2.06. The summed E-state index contributed by atoms with van der Waals surface area (Å²) in [6.45, 7) is 1.95. The Bertz CT molecular complexity index is 601. The van der Waals surface area contributed by atoms with Crippen molar-refractivity contribution in [2.75, 3.05) is 5.32 Å². The minimum atomic E-state index is -0.150. The van der Waals surface area contributed by atoms with Gasteiger partial charge in [0.05, 0.1) is 0 Å². The van der Waals surface area contributed by atoms with E-state index in [0.29, 0.717) is 11.4 Å². The van der Waals surface area contributed by atoms with Crippen molar-refractivity contribution in [3.05, 3.63) is 55.7 Å². The van der Waals surface area contributed by atoms with Crippen LogP contribution in [0.25, 0.3) is 0 Å². The number of hydrogen-bond acceptors (Lipinski definition) is 2. The van der Waals surface area contributed by atoms with E-state index in [1.54, 1.807) is 12.3 Å². The molecule has 18 heavy (non-hydrogen) atoms. The van der Waals surface area contributed by atoms with Gasteiger partial charge < -0.3 is 5.32 Å².